The number of hydrogen-bond acceptors (Lipinski definition) is 3. The van der Waals surface area contributed by atoms with Gasteiger partial charge in [-0.05, 0) is 0 Å². The molecule has 0 bridgehead atoms. The molecule has 0 heterocycles. The second kappa shape index (κ2) is 10.5. The van der Waals surface area contributed by atoms with E-state index in [1.165, 1.54) is 11.1 Å². The first-order chi connectivity index (χ1) is 11.3. The van der Waals surface area contributed by atoms with Crippen LogP contribution in [0.15, 0.2) is 60.7 Å². The molecule has 0 spiro atoms. The number of carbonyl (C=O) groups is 1. The van der Waals surface area contributed by atoms with E-state index in [0.717, 1.165) is 10.4 Å². The third kappa shape index (κ3) is 6.82. The Balaban J connectivity index is 1.86. The first-order valence-electron chi connectivity index (χ1n) is 7.73. The number of rotatable bonds is 9. The molecule has 0 aromatic heterocycles. The van der Waals surface area contributed by atoms with E-state index >= 15 is 0 Å². The molecule has 1 unspecified atom stereocenters. The molecule has 0 aliphatic heterocycles. The van der Waals surface area contributed by atoms with Crippen LogP contribution < -0.4 is 0 Å². The number of ether oxygens (including phenoxy) is 1. The van der Waals surface area contributed by atoms with Crippen LogP contribution in [0.1, 0.15) is 29.3 Å². The molecule has 23 heavy (non-hydrogen) atoms. The van der Waals surface area contributed by atoms with Crippen molar-refractivity contribution >= 4 is 32.7 Å². The normalized spacial score (nSPS) is 11.9. The maximum absolute atomic E-state index is 11.9. The van der Waals surface area contributed by atoms with Gasteiger partial charge in [0.25, 0.3) is 0 Å². The van der Waals surface area contributed by atoms with Crippen molar-refractivity contribution in [2.45, 2.75) is 23.9 Å². The molecule has 2 aromatic rings. The molecule has 122 valence electrons. The van der Waals surface area contributed by atoms with Gasteiger partial charge in [0, 0.05) is 0 Å². The van der Waals surface area contributed by atoms with E-state index in [1.807, 2.05) is 43.0 Å². The van der Waals surface area contributed by atoms with Crippen LogP contribution >= 0.6 is 11.8 Å². The zero-order chi connectivity index (χ0) is 16.3. The Hall–Kier alpha value is -1.22. The van der Waals surface area contributed by atoms with Crippen LogP contribution in [-0.2, 0) is 15.3 Å². The van der Waals surface area contributed by atoms with Gasteiger partial charge < -0.3 is 0 Å². The predicted octanol–water partition coefficient (Wildman–Crippen LogP) is 4.28. The second-order valence-corrected chi connectivity index (χ2v) is 9.34. The average Bonchev–Trinajstić information content (AvgIpc) is 2.59. The van der Waals surface area contributed by atoms with Crippen molar-refractivity contribution in [3.63, 3.8) is 0 Å². The Bertz CT molecular complexity index is 574. The Morgan fingerprint density at radius 1 is 1.09 bits per heavy atom. The first-order valence-corrected chi connectivity index (χ1v) is 11.1. The predicted molar refractivity (Wildman–Crippen MR) is 98.8 cm³/mol. The van der Waals surface area contributed by atoms with Gasteiger partial charge in [0.15, 0.2) is 0 Å². The zero-order valence-electron chi connectivity index (χ0n) is 13.3. The van der Waals surface area contributed by atoms with Crippen molar-refractivity contribution in [3.05, 3.63) is 71.8 Å². The topological polar surface area (TPSA) is 26.3 Å². The van der Waals surface area contributed by atoms with E-state index < -0.39 is 0 Å². The van der Waals surface area contributed by atoms with Crippen molar-refractivity contribution in [2.24, 2.45) is 0 Å². The molecule has 2 rings (SSSR count). The summed E-state index contributed by atoms with van der Waals surface area (Å²) < 4.78 is 6.23. The molecule has 2 nitrogen and oxygen atoms in total. The SMILES string of the molecule is CCOC(=O)CC([Se]CSCc1ccccc1)c1ccccc1. The standard InChI is InChI=1S/C19H22O2SSe/c1-2-21-19(20)13-18(17-11-7-4-8-12-17)23-15-22-14-16-9-5-3-6-10-16/h3-12,18H,2,13-15H2,1H3. The summed E-state index contributed by atoms with van der Waals surface area (Å²) in [5, 5.41) is 0. The van der Waals surface area contributed by atoms with Crippen LogP contribution in [-0.4, -0.2) is 32.2 Å². The zero-order valence-corrected chi connectivity index (χ0v) is 15.8. The van der Waals surface area contributed by atoms with Crippen molar-refractivity contribution in [1.29, 1.82) is 0 Å². The fraction of sp³-hybridized carbons (Fsp3) is 0.316. The van der Waals surface area contributed by atoms with Crippen molar-refractivity contribution < 1.29 is 9.53 Å². The van der Waals surface area contributed by atoms with Gasteiger partial charge in [-0.3, -0.25) is 0 Å². The van der Waals surface area contributed by atoms with Gasteiger partial charge in [0.2, 0.25) is 0 Å². The Labute approximate surface area is 149 Å². The number of benzene rings is 2. The van der Waals surface area contributed by atoms with Gasteiger partial charge in [-0.2, -0.15) is 0 Å². The van der Waals surface area contributed by atoms with E-state index in [-0.39, 0.29) is 5.97 Å². The summed E-state index contributed by atoms with van der Waals surface area (Å²) in [5.41, 5.74) is 2.61. The maximum atomic E-state index is 11.9. The van der Waals surface area contributed by atoms with Crippen molar-refractivity contribution in [2.75, 3.05) is 11.3 Å². The van der Waals surface area contributed by atoms with E-state index in [9.17, 15) is 4.79 Å². The second-order valence-electron chi connectivity index (χ2n) is 5.03. The van der Waals surface area contributed by atoms with E-state index in [0.29, 0.717) is 32.8 Å². The minimum absolute atomic E-state index is 0.0868. The molecule has 2 aromatic carbocycles. The van der Waals surface area contributed by atoms with Gasteiger partial charge in [-0.25, -0.2) is 0 Å². The molecular weight excluding hydrogens is 371 g/mol. The molecule has 0 fully saturated rings. The summed E-state index contributed by atoms with van der Waals surface area (Å²) in [5.74, 6) is 0.944. The van der Waals surface area contributed by atoms with E-state index in [2.05, 4.69) is 36.4 Å². The Kier molecular flexibility index (Phi) is 8.30. The molecule has 0 N–H and O–H groups in total. The van der Waals surface area contributed by atoms with E-state index in [1.54, 1.807) is 0 Å². The van der Waals surface area contributed by atoms with Crippen LogP contribution in [0, 0.1) is 0 Å². The Morgan fingerprint density at radius 2 is 1.74 bits per heavy atom. The van der Waals surface area contributed by atoms with Crippen molar-refractivity contribution in [1.82, 2.24) is 0 Å². The molecule has 0 aliphatic carbocycles. The summed E-state index contributed by atoms with van der Waals surface area (Å²) in [6.45, 7) is 2.31. The van der Waals surface area contributed by atoms with Crippen LogP contribution in [0.4, 0.5) is 0 Å². The summed E-state index contributed by atoms with van der Waals surface area (Å²) >= 11 is 2.31. The number of carbonyl (C=O) groups excluding carboxylic acids is 1. The van der Waals surface area contributed by atoms with Crippen LogP contribution in [0.3, 0.4) is 0 Å². The van der Waals surface area contributed by atoms with Crippen LogP contribution in [0.25, 0.3) is 0 Å². The van der Waals surface area contributed by atoms with Crippen LogP contribution in [0.5, 0.6) is 0 Å². The third-order valence-corrected chi connectivity index (χ3v) is 7.80. The fourth-order valence-corrected chi connectivity index (χ4v) is 6.38. The summed E-state index contributed by atoms with van der Waals surface area (Å²) in [7, 11) is 0. The number of hydrogen-bond donors (Lipinski definition) is 0. The molecular formula is C19H22O2SSe. The van der Waals surface area contributed by atoms with E-state index in [4.69, 9.17) is 4.74 Å². The molecule has 0 amide bonds. The molecule has 4 heteroatoms. The molecule has 0 saturated carbocycles. The van der Waals surface area contributed by atoms with Gasteiger partial charge in [-0.1, -0.05) is 0 Å². The van der Waals surface area contributed by atoms with Crippen molar-refractivity contribution in [3.8, 4) is 0 Å². The van der Waals surface area contributed by atoms with Gasteiger partial charge in [0.05, 0.1) is 0 Å². The van der Waals surface area contributed by atoms with Gasteiger partial charge >= 0.3 is 149 Å². The van der Waals surface area contributed by atoms with Gasteiger partial charge in [-0.15, -0.1) is 0 Å². The monoisotopic (exact) mass is 394 g/mol. The molecule has 1 atom stereocenters. The van der Waals surface area contributed by atoms with Gasteiger partial charge in [0.1, 0.15) is 0 Å². The molecule has 0 saturated heterocycles. The number of esters is 1. The summed E-state index contributed by atoms with van der Waals surface area (Å²) in [6.07, 6.45) is 0.490. The van der Waals surface area contributed by atoms with Crippen LogP contribution in [0.2, 0.25) is 0 Å². The quantitative estimate of drug-likeness (QED) is 0.362. The summed E-state index contributed by atoms with van der Waals surface area (Å²) in [6, 6.07) is 20.9. The average molecular weight is 393 g/mol. The molecule has 0 aliphatic rings. The first kappa shape index (κ1) is 18.1. The Morgan fingerprint density at radius 3 is 2.39 bits per heavy atom. The fourth-order valence-electron chi connectivity index (χ4n) is 2.18. The summed E-state index contributed by atoms with van der Waals surface area (Å²) in [4.78, 5) is 12.2. The minimum atomic E-state index is -0.0868. The number of thioether (sulfide) groups is 1. The third-order valence-electron chi connectivity index (χ3n) is 3.29. The molecule has 0 radical (unpaired) electrons.